The second-order valence-corrected chi connectivity index (χ2v) is 6.78. The summed E-state index contributed by atoms with van der Waals surface area (Å²) in [6.07, 6.45) is 12.1. The minimum atomic E-state index is -0.249. The van der Waals surface area contributed by atoms with Gasteiger partial charge in [0, 0.05) is 17.8 Å². The van der Waals surface area contributed by atoms with Gasteiger partial charge in [-0.2, -0.15) is 0 Å². The summed E-state index contributed by atoms with van der Waals surface area (Å²) in [6, 6.07) is 1.60. The molecule has 1 aromatic heterocycles. The standard InChI is InChI=1S/C13H20N2O2.C5H11N/c1-10-9-12(16)15(13(17)14-10)11-7-5-3-2-4-6-8-11;1-2-4-6-5-3-1/h9,11H,2-8H2,1H3,(H,14,17);6H,1-5H2. The predicted molar refractivity (Wildman–Crippen MR) is 94.1 cm³/mol. The van der Waals surface area contributed by atoms with Gasteiger partial charge in [-0.3, -0.25) is 9.36 Å². The zero-order chi connectivity index (χ0) is 16.5. The number of nitrogens with one attached hydrogen (secondary N) is 2. The van der Waals surface area contributed by atoms with E-state index in [0.717, 1.165) is 25.7 Å². The molecule has 0 radical (unpaired) electrons. The first-order valence-electron chi connectivity index (χ1n) is 9.21. The molecular weight excluding hydrogens is 290 g/mol. The van der Waals surface area contributed by atoms with Crippen molar-refractivity contribution >= 4 is 0 Å². The lowest BCUT2D eigenvalue weighted by atomic mass is 9.96. The SMILES string of the molecule is C1CCNCC1.Cc1cc(=O)n(C2CCCCCCC2)c(=O)[nH]1. The lowest BCUT2D eigenvalue weighted by Crippen LogP contribution is -2.38. The summed E-state index contributed by atoms with van der Waals surface area (Å²) in [6.45, 7) is 4.24. The average molecular weight is 321 g/mol. The molecule has 0 atom stereocenters. The number of H-pyrrole nitrogens is 1. The Hall–Kier alpha value is -1.36. The largest absolute Gasteiger partial charge is 0.328 e. The van der Waals surface area contributed by atoms with E-state index in [1.54, 1.807) is 6.92 Å². The molecule has 0 bridgehead atoms. The zero-order valence-corrected chi connectivity index (χ0v) is 14.4. The topological polar surface area (TPSA) is 66.9 Å². The van der Waals surface area contributed by atoms with Crippen molar-refractivity contribution in [1.82, 2.24) is 14.9 Å². The summed E-state index contributed by atoms with van der Waals surface area (Å²) >= 11 is 0. The van der Waals surface area contributed by atoms with Gasteiger partial charge >= 0.3 is 5.69 Å². The molecule has 0 aromatic carbocycles. The van der Waals surface area contributed by atoms with Gasteiger partial charge < -0.3 is 10.3 Å². The fraction of sp³-hybridized carbons (Fsp3) is 0.778. The Bertz CT molecular complexity index is 522. The van der Waals surface area contributed by atoms with E-state index in [9.17, 15) is 9.59 Å². The lowest BCUT2D eigenvalue weighted by Gasteiger charge is -2.21. The van der Waals surface area contributed by atoms with Crippen molar-refractivity contribution in [3.05, 3.63) is 32.6 Å². The van der Waals surface area contributed by atoms with Crippen LogP contribution in [-0.2, 0) is 0 Å². The van der Waals surface area contributed by atoms with Crippen molar-refractivity contribution < 1.29 is 0 Å². The number of hydrogen-bond acceptors (Lipinski definition) is 3. The van der Waals surface area contributed by atoms with Crippen LogP contribution in [0.5, 0.6) is 0 Å². The number of aromatic amines is 1. The number of aryl methyl sites for hydroxylation is 1. The smallest absolute Gasteiger partial charge is 0.317 e. The lowest BCUT2D eigenvalue weighted by molar-refractivity contribution is 0.354. The highest BCUT2D eigenvalue weighted by Crippen LogP contribution is 2.24. The van der Waals surface area contributed by atoms with Gasteiger partial charge in [-0.15, -0.1) is 0 Å². The molecule has 2 heterocycles. The molecule has 1 saturated carbocycles. The Kier molecular flexibility index (Phi) is 7.59. The number of rotatable bonds is 1. The van der Waals surface area contributed by atoms with Crippen LogP contribution >= 0.6 is 0 Å². The number of aromatic nitrogens is 2. The van der Waals surface area contributed by atoms with Gasteiger partial charge in [-0.25, -0.2) is 4.79 Å². The van der Waals surface area contributed by atoms with Crippen LogP contribution in [0.15, 0.2) is 15.7 Å². The van der Waals surface area contributed by atoms with E-state index >= 15 is 0 Å². The van der Waals surface area contributed by atoms with E-state index in [1.165, 1.54) is 62.2 Å². The minimum Gasteiger partial charge on any atom is -0.317 e. The quantitative estimate of drug-likeness (QED) is 0.836. The molecule has 1 saturated heterocycles. The van der Waals surface area contributed by atoms with E-state index < -0.39 is 0 Å². The molecule has 1 aromatic rings. The maximum absolute atomic E-state index is 11.9. The predicted octanol–water partition coefficient (Wildman–Crippen LogP) is 2.89. The van der Waals surface area contributed by atoms with Gasteiger partial charge in [0.1, 0.15) is 0 Å². The second kappa shape index (κ2) is 9.71. The van der Waals surface area contributed by atoms with Gasteiger partial charge in [-0.1, -0.05) is 38.5 Å². The molecule has 0 spiro atoms. The molecule has 0 unspecified atom stereocenters. The summed E-state index contributed by atoms with van der Waals surface area (Å²) in [5, 5.41) is 3.28. The van der Waals surface area contributed by atoms with Crippen molar-refractivity contribution in [2.45, 2.75) is 77.2 Å². The van der Waals surface area contributed by atoms with Crippen LogP contribution in [0.3, 0.4) is 0 Å². The number of nitrogens with zero attached hydrogens (tertiary/aromatic N) is 1. The number of piperidine rings is 1. The van der Waals surface area contributed by atoms with Crippen molar-refractivity contribution in [2.75, 3.05) is 13.1 Å². The van der Waals surface area contributed by atoms with Gasteiger partial charge in [0.05, 0.1) is 0 Å². The highest BCUT2D eigenvalue weighted by atomic mass is 16.2. The van der Waals surface area contributed by atoms with Crippen molar-refractivity contribution in [3.63, 3.8) is 0 Å². The summed E-state index contributed by atoms with van der Waals surface area (Å²) in [7, 11) is 0. The molecule has 2 fully saturated rings. The Balaban J connectivity index is 0.000000268. The third kappa shape index (κ3) is 5.98. The van der Waals surface area contributed by atoms with Crippen molar-refractivity contribution in [2.24, 2.45) is 0 Å². The van der Waals surface area contributed by atoms with E-state index in [0.29, 0.717) is 5.69 Å². The van der Waals surface area contributed by atoms with E-state index in [1.807, 2.05) is 0 Å². The first-order valence-corrected chi connectivity index (χ1v) is 9.21. The van der Waals surface area contributed by atoms with Crippen LogP contribution in [-0.4, -0.2) is 22.6 Å². The van der Waals surface area contributed by atoms with Crippen LogP contribution in [0.1, 0.15) is 75.9 Å². The molecule has 23 heavy (non-hydrogen) atoms. The highest BCUT2D eigenvalue weighted by Gasteiger charge is 2.16. The first kappa shape index (κ1) is 18.0. The Morgan fingerprint density at radius 2 is 1.48 bits per heavy atom. The van der Waals surface area contributed by atoms with Crippen LogP contribution in [0, 0.1) is 6.92 Å². The average Bonchev–Trinajstić information content (AvgIpc) is 2.50. The fourth-order valence-electron chi connectivity index (χ4n) is 3.46. The number of hydrogen-bond donors (Lipinski definition) is 2. The van der Waals surface area contributed by atoms with Gasteiger partial charge in [0.15, 0.2) is 0 Å². The maximum atomic E-state index is 11.9. The summed E-state index contributed by atoms with van der Waals surface area (Å²) < 4.78 is 1.41. The Labute approximate surface area is 138 Å². The monoisotopic (exact) mass is 321 g/mol. The van der Waals surface area contributed by atoms with Gasteiger partial charge in [0.25, 0.3) is 5.56 Å². The third-order valence-corrected chi connectivity index (χ3v) is 4.75. The third-order valence-electron chi connectivity index (χ3n) is 4.75. The molecular formula is C18H31N3O2. The van der Waals surface area contributed by atoms with Crippen LogP contribution in [0.4, 0.5) is 0 Å². The second-order valence-electron chi connectivity index (χ2n) is 6.78. The summed E-state index contributed by atoms with van der Waals surface area (Å²) in [5.74, 6) is 0. The van der Waals surface area contributed by atoms with E-state index in [-0.39, 0.29) is 17.3 Å². The Morgan fingerprint density at radius 1 is 0.913 bits per heavy atom. The molecule has 5 heteroatoms. The van der Waals surface area contributed by atoms with Gasteiger partial charge in [0.2, 0.25) is 0 Å². The molecule has 2 aliphatic rings. The highest BCUT2D eigenvalue weighted by molar-refractivity contribution is 4.97. The van der Waals surface area contributed by atoms with Gasteiger partial charge in [-0.05, 0) is 45.7 Å². The fourth-order valence-corrected chi connectivity index (χ4v) is 3.46. The normalized spacial score (nSPS) is 20.0. The summed E-state index contributed by atoms with van der Waals surface area (Å²) in [4.78, 5) is 26.5. The molecule has 5 nitrogen and oxygen atoms in total. The molecule has 130 valence electrons. The molecule has 3 rings (SSSR count). The van der Waals surface area contributed by atoms with Crippen LogP contribution in [0.25, 0.3) is 0 Å². The summed E-state index contributed by atoms with van der Waals surface area (Å²) in [5.41, 5.74) is 0.236. The zero-order valence-electron chi connectivity index (χ0n) is 14.4. The Morgan fingerprint density at radius 3 is 1.96 bits per heavy atom. The first-order chi connectivity index (χ1) is 11.2. The minimum absolute atomic E-state index is 0.0900. The van der Waals surface area contributed by atoms with Crippen molar-refractivity contribution in [3.8, 4) is 0 Å². The molecule has 1 aliphatic heterocycles. The van der Waals surface area contributed by atoms with E-state index in [4.69, 9.17) is 0 Å². The van der Waals surface area contributed by atoms with Crippen molar-refractivity contribution in [1.29, 1.82) is 0 Å². The molecule has 0 amide bonds. The maximum Gasteiger partial charge on any atom is 0.328 e. The van der Waals surface area contributed by atoms with Crippen LogP contribution in [0.2, 0.25) is 0 Å². The molecule has 1 aliphatic carbocycles. The van der Waals surface area contributed by atoms with E-state index in [2.05, 4.69) is 10.3 Å². The van der Waals surface area contributed by atoms with Crippen LogP contribution < -0.4 is 16.6 Å². The molecule has 2 N–H and O–H groups in total.